The van der Waals surface area contributed by atoms with Gasteiger partial charge in [0.25, 0.3) is 5.91 Å². The molecule has 1 amide bonds. The fourth-order valence-corrected chi connectivity index (χ4v) is 3.12. The molecule has 0 unspecified atom stereocenters. The van der Waals surface area contributed by atoms with E-state index in [4.69, 9.17) is 9.15 Å². The largest absolute Gasteiger partial charge is 0.464 e. The molecule has 0 N–H and O–H groups in total. The molecule has 1 aromatic heterocycles. The maximum Gasteiger partial charge on any atom is 0.310 e. The second-order valence-electron chi connectivity index (χ2n) is 7.16. The first kappa shape index (κ1) is 19.7. The second kappa shape index (κ2) is 8.30. The van der Waals surface area contributed by atoms with Crippen LogP contribution in [0.25, 0.3) is 11.0 Å². The number of likely N-dealkylation sites (N-methyl/N-ethyl adjacent to an activating group) is 1. The van der Waals surface area contributed by atoms with Gasteiger partial charge in [-0.3, -0.25) is 9.59 Å². The average molecular weight is 379 g/mol. The number of carbonyl (C=O) groups excluding carboxylic acids is 2. The quantitative estimate of drug-likeness (QED) is 0.605. The maximum absolute atomic E-state index is 12.3. The molecule has 0 spiro atoms. The van der Waals surface area contributed by atoms with Crippen LogP contribution in [0.2, 0.25) is 0 Å². The topological polar surface area (TPSA) is 59.8 Å². The van der Waals surface area contributed by atoms with Crippen molar-refractivity contribution in [2.75, 3.05) is 13.7 Å². The summed E-state index contributed by atoms with van der Waals surface area (Å²) in [6, 6.07) is 11.9. The Morgan fingerprint density at radius 1 is 1.00 bits per heavy atom. The lowest BCUT2D eigenvalue weighted by molar-refractivity contribution is -0.151. The number of hydrogen-bond donors (Lipinski definition) is 0. The molecule has 3 aromatic rings. The number of fused-ring (bicyclic) bond motifs is 1. The number of benzene rings is 2. The van der Waals surface area contributed by atoms with Crippen molar-refractivity contribution in [2.45, 2.75) is 33.7 Å². The van der Waals surface area contributed by atoms with Crippen LogP contribution < -0.4 is 0 Å². The van der Waals surface area contributed by atoms with Gasteiger partial charge in [-0.25, -0.2) is 0 Å². The fourth-order valence-electron chi connectivity index (χ4n) is 3.12. The number of esters is 1. The van der Waals surface area contributed by atoms with Crippen LogP contribution in [-0.2, 0) is 27.3 Å². The van der Waals surface area contributed by atoms with Crippen LogP contribution in [0.3, 0.4) is 0 Å². The maximum atomic E-state index is 12.3. The van der Waals surface area contributed by atoms with Crippen molar-refractivity contribution in [3.8, 4) is 0 Å². The van der Waals surface area contributed by atoms with E-state index in [-0.39, 0.29) is 18.9 Å². The number of furan rings is 1. The number of nitrogens with zero attached hydrogens (tertiary/aromatic N) is 1. The minimum Gasteiger partial charge on any atom is -0.464 e. The smallest absolute Gasteiger partial charge is 0.310 e. The molecule has 0 saturated carbocycles. The van der Waals surface area contributed by atoms with Crippen molar-refractivity contribution in [2.24, 2.45) is 0 Å². The fraction of sp³-hybridized carbons (Fsp3) is 0.304. The Morgan fingerprint density at radius 2 is 1.75 bits per heavy atom. The van der Waals surface area contributed by atoms with Gasteiger partial charge < -0.3 is 14.1 Å². The van der Waals surface area contributed by atoms with Crippen molar-refractivity contribution >= 4 is 22.8 Å². The van der Waals surface area contributed by atoms with Gasteiger partial charge in [0.1, 0.15) is 5.58 Å². The third-order valence-corrected chi connectivity index (χ3v) is 5.13. The number of carbonyl (C=O) groups is 2. The lowest BCUT2D eigenvalue weighted by Gasteiger charge is -2.18. The molecular formula is C23H25NO4. The van der Waals surface area contributed by atoms with E-state index in [2.05, 4.69) is 0 Å². The summed E-state index contributed by atoms with van der Waals surface area (Å²) in [5.74, 6) is -0.682. The second-order valence-corrected chi connectivity index (χ2v) is 7.16. The summed E-state index contributed by atoms with van der Waals surface area (Å²) in [7, 11) is 1.71. The predicted molar refractivity (Wildman–Crippen MR) is 108 cm³/mol. The van der Waals surface area contributed by atoms with E-state index in [1.807, 2.05) is 57.2 Å². The van der Waals surface area contributed by atoms with Gasteiger partial charge >= 0.3 is 5.97 Å². The van der Waals surface area contributed by atoms with Gasteiger partial charge in [-0.05, 0) is 43.0 Å². The molecule has 0 aliphatic heterocycles. The molecule has 0 aliphatic carbocycles. The van der Waals surface area contributed by atoms with Crippen molar-refractivity contribution in [3.63, 3.8) is 0 Å². The highest BCUT2D eigenvalue weighted by Crippen LogP contribution is 2.26. The highest BCUT2D eigenvalue weighted by Gasteiger charge is 2.16. The summed E-state index contributed by atoms with van der Waals surface area (Å²) < 4.78 is 10.8. The summed E-state index contributed by atoms with van der Waals surface area (Å²) in [5, 5.41) is 0.906. The zero-order chi connectivity index (χ0) is 20.3. The Balaban J connectivity index is 1.56. The number of aryl methyl sites for hydroxylation is 3. The summed E-state index contributed by atoms with van der Waals surface area (Å²) in [5.41, 5.74) is 5.95. The Kier molecular flexibility index (Phi) is 5.83. The Morgan fingerprint density at radius 3 is 2.50 bits per heavy atom. The number of rotatable bonds is 6. The van der Waals surface area contributed by atoms with E-state index >= 15 is 0 Å². The van der Waals surface area contributed by atoms with E-state index < -0.39 is 5.97 Å². The highest BCUT2D eigenvalue weighted by molar-refractivity contribution is 5.89. The van der Waals surface area contributed by atoms with E-state index in [0.717, 1.165) is 38.8 Å². The van der Waals surface area contributed by atoms with Crippen molar-refractivity contribution in [3.05, 3.63) is 70.5 Å². The molecule has 0 fully saturated rings. The lowest BCUT2D eigenvalue weighted by atomic mass is 10.0. The van der Waals surface area contributed by atoms with Gasteiger partial charge in [-0.2, -0.15) is 0 Å². The first-order valence-electron chi connectivity index (χ1n) is 9.27. The third kappa shape index (κ3) is 4.25. The molecule has 5 heteroatoms. The summed E-state index contributed by atoms with van der Waals surface area (Å²) >= 11 is 0. The molecule has 146 valence electrons. The molecule has 28 heavy (non-hydrogen) atoms. The van der Waals surface area contributed by atoms with Crippen LogP contribution in [0, 0.1) is 20.8 Å². The zero-order valence-electron chi connectivity index (χ0n) is 16.7. The van der Waals surface area contributed by atoms with Gasteiger partial charge in [-0.1, -0.05) is 36.4 Å². The highest BCUT2D eigenvalue weighted by atomic mass is 16.5. The Hall–Kier alpha value is -3.08. The minimum absolute atomic E-state index is 0.0737. The molecule has 0 aliphatic rings. The molecular weight excluding hydrogens is 354 g/mol. The Labute approximate surface area is 164 Å². The van der Waals surface area contributed by atoms with E-state index in [1.165, 1.54) is 0 Å². The summed E-state index contributed by atoms with van der Waals surface area (Å²) in [6.45, 7) is 6.23. The van der Waals surface area contributed by atoms with Crippen molar-refractivity contribution < 1.29 is 18.7 Å². The molecule has 0 bridgehead atoms. The average Bonchev–Trinajstić information content (AvgIpc) is 3.08. The zero-order valence-corrected chi connectivity index (χ0v) is 16.7. The van der Waals surface area contributed by atoms with E-state index in [9.17, 15) is 9.59 Å². The first-order chi connectivity index (χ1) is 13.4. The van der Waals surface area contributed by atoms with Crippen LogP contribution >= 0.6 is 0 Å². The standard InChI is InChI=1S/C23H25NO4/c1-15-9-10-20-19(13-28-23(20)17(15)3)11-22(26)27-14-21(25)24(4)12-18-8-6-5-7-16(18)2/h5-10,13H,11-12,14H2,1-4H3. The van der Waals surface area contributed by atoms with Gasteiger partial charge in [0.2, 0.25) is 0 Å². The van der Waals surface area contributed by atoms with Gasteiger partial charge in [-0.15, -0.1) is 0 Å². The monoisotopic (exact) mass is 379 g/mol. The van der Waals surface area contributed by atoms with Crippen molar-refractivity contribution in [1.29, 1.82) is 0 Å². The lowest BCUT2D eigenvalue weighted by Crippen LogP contribution is -2.31. The van der Waals surface area contributed by atoms with E-state index in [0.29, 0.717) is 6.54 Å². The number of ether oxygens (including phenoxy) is 1. The molecule has 2 aromatic carbocycles. The normalized spacial score (nSPS) is 10.9. The molecule has 0 saturated heterocycles. The molecule has 5 nitrogen and oxygen atoms in total. The van der Waals surface area contributed by atoms with Gasteiger partial charge in [0.15, 0.2) is 6.61 Å². The summed E-state index contributed by atoms with van der Waals surface area (Å²) in [4.78, 5) is 26.1. The van der Waals surface area contributed by atoms with E-state index in [1.54, 1.807) is 18.2 Å². The molecule has 1 heterocycles. The van der Waals surface area contributed by atoms with Crippen LogP contribution in [0.1, 0.15) is 27.8 Å². The number of hydrogen-bond acceptors (Lipinski definition) is 4. The minimum atomic E-state index is -0.446. The Bertz CT molecular complexity index is 1020. The van der Waals surface area contributed by atoms with Crippen LogP contribution in [-0.4, -0.2) is 30.4 Å². The van der Waals surface area contributed by atoms with Crippen molar-refractivity contribution in [1.82, 2.24) is 4.90 Å². The number of amides is 1. The van der Waals surface area contributed by atoms with Gasteiger partial charge in [0.05, 0.1) is 12.7 Å². The molecule has 0 atom stereocenters. The predicted octanol–water partition coefficient (Wildman–Crippen LogP) is 4.10. The summed E-state index contributed by atoms with van der Waals surface area (Å²) in [6.07, 6.45) is 1.66. The van der Waals surface area contributed by atoms with Gasteiger partial charge in [0, 0.05) is 24.5 Å². The van der Waals surface area contributed by atoms with Crippen LogP contribution in [0.15, 0.2) is 47.1 Å². The van der Waals surface area contributed by atoms with Crippen LogP contribution in [0.4, 0.5) is 0 Å². The molecule has 0 radical (unpaired) electrons. The molecule has 3 rings (SSSR count). The first-order valence-corrected chi connectivity index (χ1v) is 9.27. The van der Waals surface area contributed by atoms with Crippen LogP contribution in [0.5, 0.6) is 0 Å². The third-order valence-electron chi connectivity index (χ3n) is 5.13. The SMILES string of the molecule is Cc1ccccc1CN(C)C(=O)COC(=O)Cc1coc2c(C)c(C)ccc12.